The van der Waals surface area contributed by atoms with Crippen molar-refractivity contribution in [3.63, 3.8) is 0 Å². The molecule has 3 nitrogen and oxygen atoms in total. The fourth-order valence-electron chi connectivity index (χ4n) is 2.60. The van der Waals surface area contributed by atoms with Crippen molar-refractivity contribution in [3.8, 4) is 0 Å². The Morgan fingerprint density at radius 1 is 1.40 bits per heavy atom. The van der Waals surface area contributed by atoms with E-state index in [1.807, 2.05) is 6.92 Å². The summed E-state index contributed by atoms with van der Waals surface area (Å²) in [7, 11) is 0. The van der Waals surface area contributed by atoms with Crippen LogP contribution < -0.4 is 5.73 Å². The van der Waals surface area contributed by atoms with E-state index in [1.54, 1.807) is 0 Å². The Hall–Kier alpha value is -0.570. The molecule has 1 saturated heterocycles. The van der Waals surface area contributed by atoms with Crippen molar-refractivity contribution >= 4 is 5.91 Å². The fraction of sp³-hybridized carbons (Fsp3) is 0.917. The average Bonchev–Trinajstić information content (AvgIpc) is 2.21. The van der Waals surface area contributed by atoms with Crippen molar-refractivity contribution in [1.29, 1.82) is 0 Å². The first kappa shape index (κ1) is 12.5. The number of carbonyl (C=O) groups excluding carboxylic acids is 1. The monoisotopic (exact) mass is 212 g/mol. The summed E-state index contributed by atoms with van der Waals surface area (Å²) in [6.45, 7) is 6.37. The lowest BCUT2D eigenvalue weighted by molar-refractivity contribution is -0.124. The number of rotatable bonds is 5. The Labute approximate surface area is 93.0 Å². The topological polar surface area (TPSA) is 46.3 Å². The van der Waals surface area contributed by atoms with E-state index in [9.17, 15) is 4.79 Å². The van der Waals surface area contributed by atoms with E-state index in [1.165, 1.54) is 25.7 Å². The predicted molar refractivity (Wildman–Crippen MR) is 62.5 cm³/mol. The van der Waals surface area contributed by atoms with E-state index in [-0.39, 0.29) is 11.9 Å². The molecular weight excluding hydrogens is 188 g/mol. The van der Waals surface area contributed by atoms with Crippen molar-refractivity contribution in [2.24, 2.45) is 11.7 Å². The van der Waals surface area contributed by atoms with Gasteiger partial charge in [0, 0.05) is 0 Å². The molecule has 0 saturated carbocycles. The van der Waals surface area contributed by atoms with Crippen LogP contribution in [0.15, 0.2) is 0 Å². The van der Waals surface area contributed by atoms with Gasteiger partial charge in [0.25, 0.3) is 0 Å². The molecule has 1 heterocycles. The number of nitrogens with two attached hydrogens (primary N) is 1. The van der Waals surface area contributed by atoms with E-state index in [0.29, 0.717) is 0 Å². The number of piperidine rings is 1. The van der Waals surface area contributed by atoms with E-state index in [2.05, 4.69) is 11.8 Å². The second kappa shape index (κ2) is 6.11. The third-order valence-corrected chi connectivity index (χ3v) is 3.50. The minimum atomic E-state index is -0.161. The van der Waals surface area contributed by atoms with Crippen LogP contribution in [0.25, 0.3) is 0 Å². The normalized spacial score (nSPS) is 21.5. The molecule has 0 spiro atoms. The maximum atomic E-state index is 11.2. The van der Waals surface area contributed by atoms with Crippen molar-refractivity contribution in [1.82, 2.24) is 4.90 Å². The van der Waals surface area contributed by atoms with Crippen LogP contribution in [0.2, 0.25) is 0 Å². The minimum absolute atomic E-state index is 0.0347. The number of hydrogen-bond acceptors (Lipinski definition) is 2. The van der Waals surface area contributed by atoms with Crippen molar-refractivity contribution < 1.29 is 4.79 Å². The summed E-state index contributed by atoms with van der Waals surface area (Å²) in [4.78, 5) is 13.5. The lowest BCUT2D eigenvalue weighted by atomic mass is 9.91. The summed E-state index contributed by atoms with van der Waals surface area (Å²) in [5, 5.41) is 0. The van der Waals surface area contributed by atoms with Gasteiger partial charge in [-0.3, -0.25) is 9.69 Å². The predicted octanol–water partition coefficient (Wildman–Crippen LogP) is 1.76. The Balaban J connectivity index is 2.38. The Kier molecular flexibility index (Phi) is 5.09. The fourth-order valence-corrected chi connectivity index (χ4v) is 2.60. The maximum Gasteiger partial charge on any atom is 0.234 e. The minimum Gasteiger partial charge on any atom is -0.368 e. The van der Waals surface area contributed by atoms with Crippen LogP contribution in [0.3, 0.4) is 0 Å². The Morgan fingerprint density at radius 2 is 2.00 bits per heavy atom. The largest absolute Gasteiger partial charge is 0.368 e. The van der Waals surface area contributed by atoms with Gasteiger partial charge in [0.1, 0.15) is 0 Å². The van der Waals surface area contributed by atoms with Gasteiger partial charge in [-0.05, 0) is 38.3 Å². The summed E-state index contributed by atoms with van der Waals surface area (Å²) in [6, 6.07) is -0.0347. The standard InChI is InChI=1S/C12H24N2O/c1-3-5-10-6-8-14(9-7-10)11(4-2)12(13)15/h10-11H,3-9H2,1-2H3,(H2,13,15). The second-order valence-corrected chi connectivity index (χ2v) is 4.59. The van der Waals surface area contributed by atoms with Crippen LogP contribution in [0.4, 0.5) is 0 Å². The molecule has 0 aromatic rings. The van der Waals surface area contributed by atoms with Crippen LogP contribution >= 0.6 is 0 Å². The summed E-state index contributed by atoms with van der Waals surface area (Å²) in [5.74, 6) is 0.711. The Morgan fingerprint density at radius 3 is 2.40 bits per heavy atom. The van der Waals surface area contributed by atoms with Gasteiger partial charge in [0.15, 0.2) is 0 Å². The number of primary amides is 1. The van der Waals surface area contributed by atoms with Gasteiger partial charge in [-0.15, -0.1) is 0 Å². The quantitative estimate of drug-likeness (QED) is 0.755. The molecule has 1 amide bonds. The Bertz CT molecular complexity index is 198. The van der Waals surface area contributed by atoms with E-state index >= 15 is 0 Å². The molecule has 1 aliphatic heterocycles. The van der Waals surface area contributed by atoms with Crippen molar-refractivity contribution in [2.75, 3.05) is 13.1 Å². The molecule has 88 valence electrons. The maximum absolute atomic E-state index is 11.2. The summed E-state index contributed by atoms with van der Waals surface area (Å²) in [6.07, 6.45) is 5.92. The molecule has 15 heavy (non-hydrogen) atoms. The third kappa shape index (κ3) is 3.49. The number of amides is 1. The first-order chi connectivity index (χ1) is 7.19. The molecular formula is C12H24N2O. The van der Waals surface area contributed by atoms with Crippen LogP contribution in [0.1, 0.15) is 46.0 Å². The number of carbonyl (C=O) groups is 1. The second-order valence-electron chi connectivity index (χ2n) is 4.59. The highest BCUT2D eigenvalue weighted by Gasteiger charge is 2.26. The number of nitrogens with zero attached hydrogens (tertiary/aromatic N) is 1. The molecule has 1 unspecified atom stereocenters. The van der Waals surface area contributed by atoms with Crippen molar-refractivity contribution in [3.05, 3.63) is 0 Å². The zero-order chi connectivity index (χ0) is 11.3. The summed E-state index contributed by atoms with van der Waals surface area (Å²) >= 11 is 0. The van der Waals surface area contributed by atoms with E-state index < -0.39 is 0 Å². The van der Waals surface area contributed by atoms with Gasteiger partial charge >= 0.3 is 0 Å². The third-order valence-electron chi connectivity index (χ3n) is 3.50. The summed E-state index contributed by atoms with van der Waals surface area (Å²) < 4.78 is 0. The highest BCUT2D eigenvalue weighted by Crippen LogP contribution is 2.23. The SMILES string of the molecule is CCCC1CCN(C(CC)C(N)=O)CC1. The number of hydrogen-bond donors (Lipinski definition) is 1. The molecule has 0 bridgehead atoms. The molecule has 0 radical (unpaired) electrons. The van der Waals surface area contributed by atoms with E-state index in [0.717, 1.165) is 25.4 Å². The zero-order valence-electron chi connectivity index (χ0n) is 10.0. The molecule has 1 fully saturated rings. The van der Waals surface area contributed by atoms with Gasteiger partial charge in [0.2, 0.25) is 5.91 Å². The average molecular weight is 212 g/mol. The van der Waals surface area contributed by atoms with Crippen LogP contribution in [0.5, 0.6) is 0 Å². The van der Waals surface area contributed by atoms with Crippen LogP contribution in [-0.4, -0.2) is 29.9 Å². The number of likely N-dealkylation sites (tertiary alicyclic amines) is 1. The van der Waals surface area contributed by atoms with Crippen molar-refractivity contribution in [2.45, 2.75) is 52.0 Å². The molecule has 0 aromatic carbocycles. The highest BCUT2D eigenvalue weighted by molar-refractivity contribution is 5.79. The highest BCUT2D eigenvalue weighted by atomic mass is 16.1. The van der Waals surface area contributed by atoms with Gasteiger partial charge in [0.05, 0.1) is 6.04 Å². The van der Waals surface area contributed by atoms with Gasteiger partial charge < -0.3 is 5.73 Å². The van der Waals surface area contributed by atoms with Gasteiger partial charge in [-0.25, -0.2) is 0 Å². The van der Waals surface area contributed by atoms with E-state index in [4.69, 9.17) is 5.73 Å². The summed E-state index contributed by atoms with van der Waals surface area (Å²) in [5.41, 5.74) is 5.39. The molecule has 1 aliphatic rings. The lowest BCUT2D eigenvalue weighted by Gasteiger charge is -2.35. The first-order valence-electron chi connectivity index (χ1n) is 6.22. The molecule has 0 aromatic heterocycles. The molecule has 0 aliphatic carbocycles. The zero-order valence-corrected chi connectivity index (χ0v) is 10.0. The van der Waals surface area contributed by atoms with Gasteiger partial charge in [-0.2, -0.15) is 0 Å². The molecule has 1 rings (SSSR count). The van der Waals surface area contributed by atoms with Crippen LogP contribution in [0, 0.1) is 5.92 Å². The van der Waals surface area contributed by atoms with Crippen LogP contribution in [-0.2, 0) is 4.79 Å². The molecule has 3 heteroatoms. The first-order valence-corrected chi connectivity index (χ1v) is 6.22. The van der Waals surface area contributed by atoms with Gasteiger partial charge in [-0.1, -0.05) is 26.7 Å². The lowest BCUT2D eigenvalue weighted by Crippen LogP contribution is -2.47. The smallest absolute Gasteiger partial charge is 0.234 e. The molecule has 2 N–H and O–H groups in total. The molecule has 1 atom stereocenters.